The van der Waals surface area contributed by atoms with Crippen molar-refractivity contribution in [3.05, 3.63) is 59.7 Å². The zero-order chi connectivity index (χ0) is 14.5. The van der Waals surface area contributed by atoms with E-state index in [-0.39, 0.29) is 18.8 Å². The van der Waals surface area contributed by atoms with Crippen LogP contribution in [0.25, 0.3) is 0 Å². The van der Waals surface area contributed by atoms with Crippen LogP contribution in [0, 0.1) is 6.92 Å². The summed E-state index contributed by atoms with van der Waals surface area (Å²) in [6, 6.07) is 14.4. The van der Waals surface area contributed by atoms with Crippen LogP contribution in [0.1, 0.15) is 23.6 Å². The van der Waals surface area contributed by atoms with E-state index in [4.69, 9.17) is 15.6 Å². The summed E-state index contributed by atoms with van der Waals surface area (Å²) in [7, 11) is 0. The molecule has 0 bridgehead atoms. The van der Waals surface area contributed by atoms with E-state index in [0.29, 0.717) is 5.75 Å². The van der Waals surface area contributed by atoms with E-state index in [1.165, 1.54) is 0 Å². The van der Waals surface area contributed by atoms with E-state index < -0.39 is 12.0 Å². The highest BCUT2D eigenvalue weighted by molar-refractivity contribution is 5.85. The predicted molar refractivity (Wildman–Crippen MR) is 84.1 cm³/mol. The molecule has 0 fully saturated rings. The Balaban J connectivity index is 0.00000220. The van der Waals surface area contributed by atoms with Crippen LogP contribution < -0.4 is 10.5 Å². The Labute approximate surface area is 130 Å². The van der Waals surface area contributed by atoms with Crippen molar-refractivity contribution < 1.29 is 14.6 Å². The van der Waals surface area contributed by atoms with Crippen LogP contribution >= 0.6 is 12.4 Å². The lowest BCUT2D eigenvalue weighted by Crippen LogP contribution is -2.14. The maximum absolute atomic E-state index is 10.7. The van der Waals surface area contributed by atoms with Gasteiger partial charge in [-0.2, -0.15) is 0 Å². The Morgan fingerprint density at radius 3 is 2.48 bits per heavy atom. The van der Waals surface area contributed by atoms with Crippen molar-refractivity contribution in [3.63, 3.8) is 0 Å². The fourth-order valence-corrected chi connectivity index (χ4v) is 1.86. The van der Waals surface area contributed by atoms with Gasteiger partial charge >= 0.3 is 5.97 Å². The Kier molecular flexibility index (Phi) is 6.21. The van der Waals surface area contributed by atoms with Gasteiger partial charge in [0.05, 0.1) is 6.42 Å². The first-order valence-corrected chi connectivity index (χ1v) is 6.36. The highest BCUT2D eigenvalue weighted by atomic mass is 35.5. The van der Waals surface area contributed by atoms with Crippen molar-refractivity contribution in [2.75, 3.05) is 0 Å². The van der Waals surface area contributed by atoms with Crippen LogP contribution in [0.2, 0.25) is 0 Å². The first-order valence-electron chi connectivity index (χ1n) is 6.36. The Hall–Kier alpha value is -2.04. The van der Waals surface area contributed by atoms with Gasteiger partial charge in [-0.15, -0.1) is 12.4 Å². The molecule has 0 heterocycles. The number of carbonyl (C=O) groups is 1. The third-order valence-electron chi connectivity index (χ3n) is 2.94. The second kappa shape index (κ2) is 7.67. The highest BCUT2D eigenvalue weighted by Crippen LogP contribution is 2.25. The van der Waals surface area contributed by atoms with Crippen molar-refractivity contribution in [3.8, 4) is 11.5 Å². The molecular weight excluding hydrogens is 290 g/mol. The molecule has 1 atom stereocenters. The van der Waals surface area contributed by atoms with Crippen molar-refractivity contribution in [1.29, 1.82) is 0 Å². The van der Waals surface area contributed by atoms with Crippen LogP contribution in [-0.4, -0.2) is 11.1 Å². The molecule has 5 heteroatoms. The highest BCUT2D eigenvalue weighted by Gasteiger charge is 2.11. The number of halogens is 1. The van der Waals surface area contributed by atoms with Crippen LogP contribution in [0.15, 0.2) is 48.5 Å². The number of rotatable bonds is 5. The number of ether oxygens (including phenoxy) is 1. The van der Waals surface area contributed by atoms with E-state index in [1.807, 2.05) is 37.3 Å². The van der Waals surface area contributed by atoms with Gasteiger partial charge in [0.15, 0.2) is 0 Å². The molecule has 0 aliphatic carbocycles. The van der Waals surface area contributed by atoms with Gasteiger partial charge in [-0.05, 0) is 36.8 Å². The monoisotopic (exact) mass is 307 g/mol. The average molecular weight is 308 g/mol. The largest absolute Gasteiger partial charge is 0.481 e. The lowest BCUT2D eigenvalue weighted by molar-refractivity contribution is -0.137. The number of hydrogen-bond donors (Lipinski definition) is 2. The quantitative estimate of drug-likeness (QED) is 0.883. The average Bonchev–Trinajstić information content (AvgIpc) is 2.41. The smallest absolute Gasteiger partial charge is 0.305 e. The van der Waals surface area contributed by atoms with Crippen molar-refractivity contribution in [2.24, 2.45) is 5.73 Å². The summed E-state index contributed by atoms with van der Waals surface area (Å²) in [5.41, 5.74) is 7.75. The van der Waals surface area contributed by atoms with Crippen molar-refractivity contribution in [2.45, 2.75) is 19.4 Å². The maximum atomic E-state index is 10.7. The molecule has 0 saturated heterocycles. The molecule has 21 heavy (non-hydrogen) atoms. The molecule has 2 aromatic carbocycles. The molecule has 0 aliphatic rings. The van der Waals surface area contributed by atoms with E-state index in [2.05, 4.69) is 0 Å². The summed E-state index contributed by atoms with van der Waals surface area (Å²) in [6.07, 6.45) is -0.103. The molecule has 0 saturated carbocycles. The summed E-state index contributed by atoms with van der Waals surface area (Å²) < 4.78 is 5.73. The lowest BCUT2D eigenvalue weighted by Gasteiger charge is -2.12. The molecule has 112 valence electrons. The lowest BCUT2D eigenvalue weighted by atomic mass is 10.0. The molecule has 2 rings (SSSR count). The van der Waals surface area contributed by atoms with E-state index in [1.54, 1.807) is 18.2 Å². The third-order valence-corrected chi connectivity index (χ3v) is 2.94. The maximum Gasteiger partial charge on any atom is 0.305 e. The molecule has 0 spiro atoms. The molecule has 3 N–H and O–H groups in total. The fourth-order valence-electron chi connectivity index (χ4n) is 1.86. The van der Waals surface area contributed by atoms with Gasteiger partial charge < -0.3 is 15.6 Å². The summed E-state index contributed by atoms with van der Waals surface area (Å²) in [5, 5.41) is 8.76. The standard InChI is InChI=1S/C16H17NO3.ClH/c1-11-5-7-13(8-6-11)20-14-4-2-3-12(9-14)15(17)10-16(18)19;/h2-9,15H,10,17H2,1H3,(H,18,19);1H/t15-;/m0./s1. The van der Waals surface area contributed by atoms with Gasteiger partial charge in [-0.3, -0.25) is 4.79 Å². The topological polar surface area (TPSA) is 72.5 Å². The molecule has 0 radical (unpaired) electrons. The van der Waals surface area contributed by atoms with E-state index in [0.717, 1.165) is 16.9 Å². The number of aliphatic carboxylic acids is 1. The van der Waals surface area contributed by atoms with Gasteiger partial charge in [0.2, 0.25) is 0 Å². The van der Waals surface area contributed by atoms with Gasteiger partial charge in [0.25, 0.3) is 0 Å². The Bertz CT molecular complexity index is 599. The van der Waals surface area contributed by atoms with Crippen LogP contribution in [0.5, 0.6) is 11.5 Å². The second-order valence-electron chi connectivity index (χ2n) is 4.69. The molecule has 2 aromatic rings. The van der Waals surface area contributed by atoms with Gasteiger partial charge in [0, 0.05) is 6.04 Å². The minimum Gasteiger partial charge on any atom is -0.481 e. The zero-order valence-electron chi connectivity index (χ0n) is 11.7. The number of nitrogens with two attached hydrogens (primary N) is 1. The van der Waals surface area contributed by atoms with Crippen molar-refractivity contribution >= 4 is 18.4 Å². The summed E-state index contributed by atoms with van der Waals surface area (Å²) in [6.45, 7) is 2.01. The van der Waals surface area contributed by atoms with Crippen LogP contribution in [-0.2, 0) is 4.79 Å². The van der Waals surface area contributed by atoms with E-state index >= 15 is 0 Å². The van der Waals surface area contributed by atoms with E-state index in [9.17, 15) is 4.79 Å². The first kappa shape index (κ1) is 17.0. The minimum absolute atomic E-state index is 0. The normalized spacial score (nSPS) is 11.3. The molecule has 0 unspecified atom stereocenters. The van der Waals surface area contributed by atoms with Gasteiger partial charge in [-0.25, -0.2) is 0 Å². The molecular formula is C16H18ClNO3. The number of carboxylic acid groups (broad SMARTS) is 1. The number of carboxylic acids is 1. The third kappa shape index (κ3) is 5.10. The number of benzene rings is 2. The van der Waals surface area contributed by atoms with Crippen molar-refractivity contribution in [1.82, 2.24) is 0 Å². The van der Waals surface area contributed by atoms with Crippen LogP contribution in [0.4, 0.5) is 0 Å². The summed E-state index contributed by atoms with van der Waals surface area (Å²) >= 11 is 0. The Morgan fingerprint density at radius 1 is 1.19 bits per heavy atom. The fraction of sp³-hybridized carbons (Fsp3) is 0.188. The second-order valence-corrected chi connectivity index (χ2v) is 4.69. The molecule has 0 aromatic heterocycles. The SMILES string of the molecule is Cc1ccc(Oc2cccc([C@@H](N)CC(=O)O)c2)cc1.Cl. The van der Waals surface area contributed by atoms with Crippen LogP contribution in [0.3, 0.4) is 0 Å². The first-order chi connectivity index (χ1) is 9.54. The molecule has 0 amide bonds. The van der Waals surface area contributed by atoms with Gasteiger partial charge in [0.1, 0.15) is 11.5 Å². The molecule has 0 aliphatic heterocycles. The zero-order valence-corrected chi connectivity index (χ0v) is 12.5. The summed E-state index contributed by atoms with van der Waals surface area (Å²) in [4.78, 5) is 10.7. The number of hydrogen-bond acceptors (Lipinski definition) is 3. The predicted octanol–water partition coefficient (Wildman–Crippen LogP) is 3.68. The van der Waals surface area contributed by atoms with Gasteiger partial charge in [-0.1, -0.05) is 29.8 Å². The number of aryl methyl sites for hydroxylation is 1. The summed E-state index contributed by atoms with van der Waals surface area (Å²) in [5.74, 6) is 0.467. The minimum atomic E-state index is -0.914. The Morgan fingerprint density at radius 2 is 1.86 bits per heavy atom. The molecule has 4 nitrogen and oxygen atoms in total.